The van der Waals surface area contributed by atoms with E-state index in [1.807, 2.05) is 32.9 Å². The molecule has 21 heavy (non-hydrogen) atoms. The van der Waals surface area contributed by atoms with Gasteiger partial charge in [0.2, 0.25) is 0 Å². The molecule has 0 amide bonds. The largest absolute Gasteiger partial charge is 0.494 e. The Balaban J connectivity index is 2.33. The summed E-state index contributed by atoms with van der Waals surface area (Å²) in [5.74, 6) is 1.25. The minimum Gasteiger partial charge on any atom is -0.494 e. The minimum absolute atomic E-state index is 0.0622. The Morgan fingerprint density at radius 1 is 1.29 bits per heavy atom. The van der Waals surface area contributed by atoms with E-state index >= 15 is 0 Å². The lowest BCUT2D eigenvalue weighted by atomic mass is 10.0. The third kappa shape index (κ3) is 3.81. The van der Waals surface area contributed by atoms with Crippen LogP contribution in [0.4, 0.5) is 5.82 Å². The Labute approximate surface area is 125 Å². The lowest BCUT2D eigenvalue weighted by Crippen LogP contribution is -2.15. The zero-order chi connectivity index (χ0) is 15.2. The van der Waals surface area contributed by atoms with Gasteiger partial charge in [0.15, 0.2) is 5.78 Å². The lowest BCUT2D eigenvalue weighted by molar-refractivity contribution is 0.103. The molecule has 1 aromatic carbocycles. The van der Waals surface area contributed by atoms with Gasteiger partial charge < -0.3 is 10.1 Å². The van der Waals surface area contributed by atoms with Gasteiger partial charge in [-0.1, -0.05) is 12.1 Å². The summed E-state index contributed by atoms with van der Waals surface area (Å²) >= 11 is 0. The third-order valence-electron chi connectivity index (χ3n) is 2.88. The number of rotatable bonds is 6. The van der Waals surface area contributed by atoms with Gasteiger partial charge in [-0.05, 0) is 45.0 Å². The van der Waals surface area contributed by atoms with Crippen LogP contribution in [0.5, 0.6) is 5.75 Å². The second-order valence-corrected chi connectivity index (χ2v) is 4.99. The molecule has 0 spiro atoms. The fourth-order valence-electron chi connectivity index (χ4n) is 2.03. The van der Waals surface area contributed by atoms with Crippen molar-refractivity contribution in [2.75, 3.05) is 11.9 Å². The standard InChI is InChI=1S/C17H20N2O2/c1-4-21-14-8-5-7-13(11-14)16(20)15-9-6-10-18-17(15)19-12(2)3/h5-12H,4H2,1-3H3,(H,18,19). The van der Waals surface area contributed by atoms with Crippen molar-refractivity contribution in [1.82, 2.24) is 4.98 Å². The van der Waals surface area contributed by atoms with Crippen molar-refractivity contribution in [1.29, 1.82) is 0 Å². The Hall–Kier alpha value is -2.36. The summed E-state index contributed by atoms with van der Waals surface area (Å²) in [5, 5.41) is 3.20. The van der Waals surface area contributed by atoms with E-state index in [0.29, 0.717) is 29.3 Å². The molecule has 4 heteroatoms. The van der Waals surface area contributed by atoms with E-state index in [0.717, 1.165) is 0 Å². The monoisotopic (exact) mass is 284 g/mol. The molecular weight excluding hydrogens is 264 g/mol. The van der Waals surface area contributed by atoms with Crippen molar-refractivity contribution >= 4 is 11.6 Å². The van der Waals surface area contributed by atoms with Gasteiger partial charge in [0.25, 0.3) is 0 Å². The molecule has 0 unspecified atom stereocenters. The number of anilines is 1. The number of hydrogen-bond acceptors (Lipinski definition) is 4. The van der Waals surface area contributed by atoms with Crippen molar-refractivity contribution in [3.63, 3.8) is 0 Å². The van der Waals surface area contributed by atoms with Gasteiger partial charge in [0, 0.05) is 17.8 Å². The van der Waals surface area contributed by atoms with Gasteiger partial charge >= 0.3 is 0 Å². The molecule has 0 fully saturated rings. The van der Waals surface area contributed by atoms with Crippen LogP contribution in [0.15, 0.2) is 42.6 Å². The number of hydrogen-bond donors (Lipinski definition) is 1. The molecule has 2 rings (SSSR count). The first-order valence-corrected chi connectivity index (χ1v) is 7.11. The lowest BCUT2D eigenvalue weighted by Gasteiger charge is -2.13. The first-order valence-electron chi connectivity index (χ1n) is 7.11. The highest BCUT2D eigenvalue weighted by Gasteiger charge is 2.15. The van der Waals surface area contributed by atoms with Crippen LogP contribution < -0.4 is 10.1 Å². The topological polar surface area (TPSA) is 51.2 Å². The maximum atomic E-state index is 12.7. The molecule has 1 heterocycles. The maximum Gasteiger partial charge on any atom is 0.196 e. The Bertz CT molecular complexity index is 624. The van der Waals surface area contributed by atoms with Crippen molar-refractivity contribution in [2.45, 2.75) is 26.8 Å². The zero-order valence-electron chi connectivity index (χ0n) is 12.6. The van der Waals surface area contributed by atoms with Crippen LogP contribution in [0, 0.1) is 0 Å². The van der Waals surface area contributed by atoms with Gasteiger partial charge in [0.1, 0.15) is 11.6 Å². The highest BCUT2D eigenvalue weighted by Crippen LogP contribution is 2.20. The van der Waals surface area contributed by atoms with Crippen LogP contribution in [0.2, 0.25) is 0 Å². The van der Waals surface area contributed by atoms with E-state index in [2.05, 4.69) is 10.3 Å². The Kier molecular flexibility index (Phi) is 4.93. The van der Waals surface area contributed by atoms with Gasteiger partial charge in [0.05, 0.1) is 12.2 Å². The van der Waals surface area contributed by atoms with Crippen molar-refractivity contribution in [3.8, 4) is 5.75 Å². The Morgan fingerprint density at radius 3 is 2.81 bits per heavy atom. The number of carbonyl (C=O) groups is 1. The van der Waals surface area contributed by atoms with Gasteiger partial charge in [-0.3, -0.25) is 4.79 Å². The predicted molar refractivity (Wildman–Crippen MR) is 84.0 cm³/mol. The van der Waals surface area contributed by atoms with Gasteiger partial charge in [-0.15, -0.1) is 0 Å². The summed E-state index contributed by atoms with van der Waals surface area (Å²) in [4.78, 5) is 16.9. The first-order chi connectivity index (χ1) is 10.1. The molecule has 0 aliphatic rings. The molecule has 0 saturated carbocycles. The second kappa shape index (κ2) is 6.88. The van der Waals surface area contributed by atoms with Crippen molar-refractivity contribution in [2.24, 2.45) is 0 Å². The van der Waals surface area contributed by atoms with E-state index in [-0.39, 0.29) is 11.8 Å². The fraction of sp³-hybridized carbons (Fsp3) is 0.294. The quantitative estimate of drug-likeness (QED) is 0.824. The smallest absolute Gasteiger partial charge is 0.196 e. The van der Waals surface area contributed by atoms with Crippen molar-refractivity contribution in [3.05, 3.63) is 53.7 Å². The molecule has 0 aliphatic carbocycles. The highest BCUT2D eigenvalue weighted by molar-refractivity contribution is 6.12. The fourth-order valence-corrected chi connectivity index (χ4v) is 2.03. The zero-order valence-corrected chi connectivity index (χ0v) is 12.6. The molecule has 0 aliphatic heterocycles. The molecule has 0 atom stereocenters. The van der Waals surface area contributed by atoms with Crippen LogP contribution in [-0.2, 0) is 0 Å². The molecule has 0 bridgehead atoms. The molecular formula is C17H20N2O2. The van der Waals surface area contributed by atoms with Crippen LogP contribution in [0.25, 0.3) is 0 Å². The summed E-state index contributed by atoms with van der Waals surface area (Å²) in [5.41, 5.74) is 1.17. The minimum atomic E-state index is -0.0622. The SMILES string of the molecule is CCOc1cccc(C(=O)c2cccnc2NC(C)C)c1. The van der Waals surface area contributed by atoms with Crippen LogP contribution in [0.3, 0.4) is 0 Å². The number of ketones is 1. The van der Waals surface area contributed by atoms with Gasteiger partial charge in [-0.25, -0.2) is 4.98 Å². The number of aromatic nitrogens is 1. The number of benzene rings is 1. The summed E-state index contributed by atoms with van der Waals surface area (Å²) < 4.78 is 5.44. The molecule has 1 aromatic heterocycles. The first kappa shape index (κ1) is 15.0. The average Bonchev–Trinajstić information content (AvgIpc) is 2.47. The number of carbonyl (C=O) groups excluding carboxylic acids is 1. The van der Waals surface area contributed by atoms with Crippen molar-refractivity contribution < 1.29 is 9.53 Å². The van der Waals surface area contributed by atoms with Crippen LogP contribution in [-0.4, -0.2) is 23.4 Å². The summed E-state index contributed by atoms with van der Waals surface area (Å²) in [6.07, 6.45) is 1.68. The second-order valence-electron chi connectivity index (χ2n) is 4.99. The third-order valence-corrected chi connectivity index (χ3v) is 2.88. The molecule has 0 saturated heterocycles. The Morgan fingerprint density at radius 2 is 2.10 bits per heavy atom. The van der Waals surface area contributed by atoms with E-state index in [4.69, 9.17) is 4.74 Å². The summed E-state index contributed by atoms with van der Waals surface area (Å²) in [7, 11) is 0. The van der Waals surface area contributed by atoms with Crippen LogP contribution in [0.1, 0.15) is 36.7 Å². The van der Waals surface area contributed by atoms with Gasteiger partial charge in [-0.2, -0.15) is 0 Å². The number of pyridine rings is 1. The molecule has 1 N–H and O–H groups in total. The van der Waals surface area contributed by atoms with E-state index in [9.17, 15) is 4.79 Å². The summed E-state index contributed by atoms with van der Waals surface area (Å²) in [6, 6.07) is 11.0. The highest BCUT2D eigenvalue weighted by atomic mass is 16.5. The molecule has 4 nitrogen and oxygen atoms in total. The van der Waals surface area contributed by atoms with E-state index in [1.54, 1.807) is 30.5 Å². The maximum absolute atomic E-state index is 12.7. The van der Waals surface area contributed by atoms with Crippen LogP contribution >= 0.6 is 0 Å². The predicted octanol–water partition coefficient (Wildman–Crippen LogP) is 3.53. The molecule has 2 aromatic rings. The molecule has 110 valence electrons. The normalized spacial score (nSPS) is 10.5. The average molecular weight is 284 g/mol. The van der Waals surface area contributed by atoms with E-state index < -0.39 is 0 Å². The summed E-state index contributed by atoms with van der Waals surface area (Å²) in [6.45, 7) is 6.52. The number of ether oxygens (including phenoxy) is 1. The number of nitrogens with one attached hydrogen (secondary N) is 1. The molecule has 0 radical (unpaired) electrons. The van der Waals surface area contributed by atoms with E-state index in [1.165, 1.54) is 0 Å². The number of nitrogens with zero attached hydrogens (tertiary/aromatic N) is 1.